The summed E-state index contributed by atoms with van der Waals surface area (Å²) in [6.45, 7) is 10.7. The summed E-state index contributed by atoms with van der Waals surface area (Å²) in [5, 5.41) is 0. The van der Waals surface area contributed by atoms with Crippen molar-refractivity contribution in [2.75, 3.05) is 13.6 Å². The van der Waals surface area contributed by atoms with Gasteiger partial charge < -0.3 is 4.90 Å². The maximum atomic E-state index is 2.55. The minimum Gasteiger partial charge on any atom is -0.303 e. The van der Waals surface area contributed by atoms with Gasteiger partial charge in [-0.05, 0) is 44.2 Å². The third kappa shape index (κ3) is 2.70. The van der Waals surface area contributed by atoms with E-state index in [0.29, 0.717) is 0 Å². The average molecular weight is 183 g/mol. The summed E-state index contributed by atoms with van der Waals surface area (Å²) in [4.78, 5) is 2.55. The van der Waals surface area contributed by atoms with Crippen LogP contribution in [0, 0.1) is 17.8 Å². The van der Waals surface area contributed by atoms with Gasteiger partial charge in [-0.25, -0.2) is 0 Å². The normalized spacial score (nSPS) is 31.6. The molecular formula is C12H25N. The highest BCUT2D eigenvalue weighted by molar-refractivity contribution is 4.82. The van der Waals surface area contributed by atoms with Crippen molar-refractivity contribution in [3.05, 3.63) is 0 Å². The van der Waals surface area contributed by atoms with Crippen molar-refractivity contribution in [1.29, 1.82) is 0 Å². The van der Waals surface area contributed by atoms with E-state index >= 15 is 0 Å². The summed E-state index contributed by atoms with van der Waals surface area (Å²) >= 11 is 0. The highest BCUT2D eigenvalue weighted by Crippen LogP contribution is 2.30. The summed E-state index contributed by atoms with van der Waals surface area (Å²) in [6, 6.07) is 0.821. The Morgan fingerprint density at radius 2 is 1.69 bits per heavy atom. The zero-order valence-corrected chi connectivity index (χ0v) is 9.88. The summed E-state index contributed by atoms with van der Waals surface area (Å²) < 4.78 is 0. The molecule has 1 heterocycles. The molecule has 13 heavy (non-hydrogen) atoms. The lowest BCUT2D eigenvalue weighted by molar-refractivity contribution is 0.0883. The van der Waals surface area contributed by atoms with Crippen LogP contribution in [0.4, 0.5) is 0 Å². The van der Waals surface area contributed by atoms with Gasteiger partial charge in [0.15, 0.2) is 0 Å². The van der Waals surface area contributed by atoms with Gasteiger partial charge in [-0.1, -0.05) is 27.7 Å². The minimum absolute atomic E-state index is 0.812. The summed E-state index contributed by atoms with van der Waals surface area (Å²) in [5.41, 5.74) is 0. The number of rotatable bonds is 2. The van der Waals surface area contributed by atoms with Crippen molar-refractivity contribution in [3.63, 3.8) is 0 Å². The Kier molecular flexibility index (Phi) is 3.78. The molecule has 0 saturated carbocycles. The Morgan fingerprint density at radius 1 is 1.08 bits per heavy atom. The Balaban J connectivity index is 2.53. The highest BCUT2D eigenvalue weighted by Gasteiger charge is 2.29. The number of likely N-dealkylation sites (tertiary alicyclic amines) is 1. The topological polar surface area (TPSA) is 3.24 Å². The first-order chi connectivity index (χ1) is 6.02. The van der Waals surface area contributed by atoms with E-state index in [4.69, 9.17) is 0 Å². The molecule has 78 valence electrons. The maximum absolute atomic E-state index is 2.55. The van der Waals surface area contributed by atoms with Crippen LogP contribution in [0.15, 0.2) is 0 Å². The summed E-state index contributed by atoms with van der Waals surface area (Å²) in [6.07, 6.45) is 2.81. The monoisotopic (exact) mass is 183 g/mol. The number of piperidine rings is 1. The molecule has 0 aromatic carbocycles. The van der Waals surface area contributed by atoms with E-state index in [-0.39, 0.29) is 0 Å². The van der Waals surface area contributed by atoms with Crippen LogP contribution >= 0.6 is 0 Å². The molecule has 2 unspecified atom stereocenters. The molecule has 0 N–H and O–H groups in total. The standard InChI is InChI=1S/C12H25N/c1-9(2)11-6-7-13(5)12(8-11)10(3)4/h9-12H,6-8H2,1-5H3. The Hall–Kier alpha value is -0.0400. The fourth-order valence-corrected chi connectivity index (χ4v) is 2.53. The predicted octanol–water partition coefficient (Wildman–Crippen LogP) is 3.01. The molecular weight excluding hydrogens is 158 g/mol. The van der Waals surface area contributed by atoms with Crippen molar-refractivity contribution in [2.24, 2.45) is 17.8 Å². The van der Waals surface area contributed by atoms with E-state index in [0.717, 1.165) is 23.8 Å². The van der Waals surface area contributed by atoms with E-state index in [1.165, 1.54) is 19.4 Å². The van der Waals surface area contributed by atoms with Gasteiger partial charge in [-0.3, -0.25) is 0 Å². The molecule has 0 aromatic rings. The molecule has 1 heteroatoms. The molecule has 1 aliphatic heterocycles. The first-order valence-corrected chi connectivity index (χ1v) is 5.72. The largest absolute Gasteiger partial charge is 0.303 e. The first kappa shape index (κ1) is 11.0. The van der Waals surface area contributed by atoms with E-state index < -0.39 is 0 Å². The van der Waals surface area contributed by atoms with Gasteiger partial charge >= 0.3 is 0 Å². The second-order valence-electron chi connectivity index (χ2n) is 5.32. The Labute approximate surface area is 83.5 Å². The van der Waals surface area contributed by atoms with Crippen LogP contribution in [-0.4, -0.2) is 24.5 Å². The van der Waals surface area contributed by atoms with Crippen molar-refractivity contribution in [2.45, 2.75) is 46.6 Å². The van der Waals surface area contributed by atoms with Crippen molar-refractivity contribution < 1.29 is 0 Å². The zero-order chi connectivity index (χ0) is 10.0. The van der Waals surface area contributed by atoms with Gasteiger partial charge in [0, 0.05) is 6.04 Å². The minimum atomic E-state index is 0.812. The molecule has 2 atom stereocenters. The second kappa shape index (κ2) is 4.45. The van der Waals surface area contributed by atoms with Crippen molar-refractivity contribution >= 4 is 0 Å². The molecule has 0 amide bonds. The molecule has 0 aromatic heterocycles. The lowest BCUT2D eigenvalue weighted by Gasteiger charge is -2.40. The number of nitrogens with zero attached hydrogens (tertiary/aromatic N) is 1. The van der Waals surface area contributed by atoms with Crippen LogP contribution in [0.3, 0.4) is 0 Å². The van der Waals surface area contributed by atoms with Crippen LogP contribution in [-0.2, 0) is 0 Å². The van der Waals surface area contributed by atoms with Crippen LogP contribution in [0.1, 0.15) is 40.5 Å². The Morgan fingerprint density at radius 3 is 2.15 bits per heavy atom. The van der Waals surface area contributed by atoms with Gasteiger partial charge in [0.05, 0.1) is 0 Å². The van der Waals surface area contributed by atoms with Gasteiger partial charge in [0.2, 0.25) is 0 Å². The highest BCUT2D eigenvalue weighted by atomic mass is 15.1. The van der Waals surface area contributed by atoms with E-state index in [2.05, 4.69) is 39.6 Å². The van der Waals surface area contributed by atoms with Crippen molar-refractivity contribution in [3.8, 4) is 0 Å². The summed E-state index contributed by atoms with van der Waals surface area (Å²) in [5.74, 6) is 2.64. The van der Waals surface area contributed by atoms with Crippen LogP contribution in [0.5, 0.6) is 0 Å². The van der Waals surface area contributed by atoms with Crippen LogP contribution in [0.25, 0.3) is 0 Å². The van der Waals surface area contributed by atoms with Crippen molar-refractivity contribution in [1.82, 2.24) is 4.90 Å². The van der Waals surface area contributed by atoms with E-state index in [1.54, 1.807) is 0 Å². The molecule has 0 bridgehead atoms. The smallest absolute Gasteiger partial charge is 0.0118 e. The van der Waals surface area contributed by atoms with Gasteiger partial charge in [0.25, 0.3) is 0 Å². The van der Waals surface area contributed by atoms with Crippen LogP contribution in [0.2, 0.25) is 0 Å². The fourth-order valence-electron chi connectivity index (χ4n) is 2.53. The lowest BCUT2D eigenvalue weighted by Crippen LogP contribution is -2.43. The van der Waals surface area contributed by atoms with E-state index in [1.807, 2.05) is 0 Å². The molecule has 1 saturated heterocycles. The number of hydrogen-bond donors (Lipinski definition) is 0. The molecule has 1 fully saturated rings. The van der Waals surface area contributed by atoms with Gasteiger partial charge in [-0.2, -0.15) is 0 Å². The molecule has 0 radical (unpaired) electrons. The van der Waals surface area contributed by atoms with E-state index in [9.17, 15) is 0 Å². The van der Waals surface area contributed by atoms with Gasteiger partial charge in [0.1, 0.15) is 0 Å². The molecule has 1 rings (SSSR count). The maximum Gasteiger partial charge on any atom is 0.0118 e. The number of hydrogen-bond acceptors (Lipinski definition) is 1. The average Bonchev–Trinajstić information content (AvgIpc) is 2.04. The third-order valence-corrected chi connectivity index (χ3v) is 3.68. The predicted molar refractivity (Wildman–Crippen MR) is 58.8 cm³/mol. The quantitative estimate of drug-likeness (QED) is 0.636. The zero-order valence-electron chi connectivity index (χ0n) is 9.88. The SMILES string of the molecule is CC(C)C1CCN(C)C(C(C)C)C1. The lowest BCUT2D eigenvalue weighted by atomic mass is 9.80. The molecule has 1 nitrogen and oxygen atoms in total. The summed E-state index contributed by atoms with van der Waals surface area (Å²) in [7, 11) is 2.28. The first-order valence-electron chi connectivity index (χ1n) is 5.72. The Bertz CT molecular complexity index is 151. The fraction of sp³-hybridized carbons (Fsp3) is 1.00. The van der Waals surface area contributed by atoms with Crippen LogP contribution < -0.4 is 0 Å². The second-order valence-corrected chi connectivity index (χ2v) is 5.32. The molecule has 0 aliphatic carbocycles. The molecule has 1 aliphatic rings. The van der Waals surface area contributed by atoms with Gasteiger partial charge in [-0.15, -0.1) is 0 Å². The molecule has 0 spiro atoms. The third-order valence-electron chi connectivity index (χ3n) is 3.68.